The molecule has 3 N–H and O–H groups in total. The van der Waals surface area contributed by atoms with Crippen LogP contribution in [0, 0.1) is 6.92 Å². The van der Waals surface area contributed by atoms with E-state index in [0.29, 0.717) is 64.1 Å². The van der Waals surface area contributed by atoms with Gasteiger partial charge in [-0.15, -0.1) is 0 Å². The van der Waals surface area contributed by atoms with Gasteiger partial charge in [-0.2, -0.15) is 4.98 Å². The molecule has 0 saturated carbocycles. The molecule has 194 valence electrons. The number of carbonyl (C=O) groups is 2. The van der Waals surface area contributed by atoms with Gasteiger partial charge >= 0.3 is 5.97 Å². The van der Waals surface area contributed by atoms with Crippen molar-refractivity contribution in [2.24, 2.45) is 4.99 Å². The molecule has 0 spiro atoms. The Bertz CT molecular complexity index is 1220. The highest BCUT2D eigenvalue weighted by molar-refractivity contribution is 7.22. The highest BCUT2D eigenvalue weighted by Gasteiger charge is 2.34. The zero-order valence-corrected chi connectivity index (χ0v) is 22.5. The Morgan fingerprint density at radius 3 is 2.58 bits per heavy atom. The van der Waals surface area contributed by atoms with E-state index in [1.54, 1.807) is 6.92 Å². The van der Waals surface area contributed by atoms with Crippen molar-refractivity contribution in [3.05, 3.63) is 22.2 Å². The van der Waals surface area contributed by atoms with Crippen LogP contribution in [-0.2, 0) is 4.79 Å². The van der Waals surface area contributed by atoms with Gasteiger partial charge in [0, 0.05) is 37.6 Å². The molecule has 10 nitrogen and oxygen atoms in total. The fourth-order valence-corrected chi connectivity index (χ4v) is 5.99. The number of aliphatic imine (C=N–C) groups is 1. The second kappa shape index (κ2) is 11.2. The first kappa shape index (κ1) is 26.4. The number of thiazole rings is 1. The number of halogens is 1. The summed E-state index contributed by atoms with van der Waals surface area (Å²) in [6.45, 7) is 9.23. The lowest BCUT2D eigenvalue weighted by molar-refractivity contribution is -0.115. The number of piperidine rings is 1. The molecule has 4 heterocycles. The molecule has 2 aromatic heterocycles. The van der Waals surface area contributed by atoms with Crippen LogP contribution < -0.4 is 15.5 Å². The fraction of sp³-hybridized carbons (Fsp3) is 0.583. The summed E-state index contributed by atoms with van der Waals surface area (Å²) in [6, 6.07) is 0.193. The molecule has 12 heteroatoms. The Balaban J connectivity index is 1.54. The number of aromatic carboxylic acids is 1. The molecule has 1 amide bonds. The van der Waals surface area contributed by atoms with Crippen molar-refractivity contribution in [1.29, 1.82) is 0 Å². The summed E-state index contributed by atoms with van der Waals surface area (Å²) in [5, 5.41) is 17.6. The average Bonchev–Trinajstić information content (AvgIpc) is 3.45. The molecule has 0 radical (unpaired) electrons. The van der Waals surface area contributed by atoms with Gasteiger partial charge in [0.05, 0.1) is 0 Å². The molecule has 0 bridgehead atoms. The third-order valence-electron chi connectivity index (χ3n) is 6.79. The summed E-state index contributed by atoms with van der Waals surface area (Å²) in [6.07, 6.45) is 3.90. The van der Waals surface area contributed by atoms with Gasteiger partial charge in [-0.3, -0.25) is 4.79 Å². The first-order valence-electron chi connectivity index (χ1n) is 12.4. The van der Waals surface area contributed by atoms with E-state index in [9.17, 15) is 14.7 Å². The quantitative estimate of drug-likeness (QED) is 0.416. The number of amides is 1. The monoisotopic (exact) mass is 533 g/mol. The molecule has 2 aliphatic heterocycles. The number of anilines is 1. The van der Waals surface area contributed by atoms with Gasteiger partial charge in [-0.05, 0) is 38.2 Å². The number of fused-ring (bicyclic) bond motifs is 1. The molecular formula is C24H32ClN7O3S. The van der Waals surface area contributed by atoms with Gasteiger partial charge in [-0.1, -0.05) is 43.7 Å². The highest BCUT2D eigenvalue weighted by atomic mass is 35.5. The van der Waals surface area contributed by atoms with Crippen LogP contribution in [0.15, 0.2) is 15.7 Å². The molecule has 4 rings (SSSR count). The van der Waals surface area contributed by atoms with Crippen LogP contribution in [-0.4, -0.2) is 68.9 Å². The first-order valence-corrected chi connectivity index (χ1v) is 13.6. The molecule has 2 aliphatic rings. The Morgan fingerprint density at radius 2 is 1.94 bits per heavy atom. The molecule has 2 atom stereocenters. The van der Waals surface area contributed by atoms with Crippen LogP contribution in [0.25, 0.3) is 10.3 Å². The van der Waals surface area contributed by atoms with E-state index in [0.717, 1.165) is 24.8 Å². The normalized spacial score (nSPS) is 20.4. The molecule has 0 aromatic carbocycles. The second-order valence-corrected chi connectivity index (χ2v) is 10.5. The fourth-order valence-electron chi connectivity index (χ4n) is 4.66. The second-order valence-electron chi connectivity index (χ2n) is 9.16. The highest BCUT2D eigenvalue weighted by Crippen LogP contribution is 2.32. The Labute approximate surface area is 219 Å². The minimum absolute atomic E-state index is 0.0221. The van der Waals surface area contributed by atoms with Crippen molar-refractivity contribution in [2.75, 3.05) is 18.0 Å². The predicted molar refractivity (Wildman–Crippen MR) is 142 cm³/mol. The minimum Gasteiger partial charge on any atom is -0.476 e. The average molecular weight is 534 g/mol. The maximum Gasteiger partial charge on any atom is 0.356 e. The topological polar surface area (TPSA) is 133 Å². The minimum atomic E-state index is -1.09. The number of hydrogen-bond acceptors (Lipinski definition) is 9. The van der Waals surface area contributed by atoms with Crippen molar-refractivity contribution >= 4 is 56.0 Å². The molecule has 1 fully saturated rings. The first-order chi connectivity index (χ1) is 17.2. The number of nitrogens with one attached hydrogen (secondary N) is 2. The third-order valence-corrected chi connectivity index (χ3v) is 8.25. The lowest BCUT2D eigenvalue weighted by Gasteiger charge is -2.40. The van der Waals surface area contributed by atoms with E-state index in [-0.39, 0.29) is 23.7 Å². The number of nitrogens with zero attached hydrogens (tertiary/aromatic N) is 5. The summed E-state index contributed by atoms with van der Waals surface area (Å²) < 4.78 is 0.471. The molecule has 0 unspecified atom stereocenters. The van der Waals surface area contributed by atoms with E-state index in [2.05, 4.69) is 49.3 Å². The van der Waals surface area contributed by atoms with Crippen LogP contribution in [0.5, 0.6) is 0 Å². The lowest BCUT2D eigenvalue weighted by atomic mass is 9.97. The molecule has 0 aliphatic carbocycles. The molecular weight excluding hydrogens is 502 g/mol. The van der Waals surface area contributed by atoms with Gasteiger partial charge in [0.15, 0.2) is 16.5 Å². The van der Waals surface area contributed by atoms with E-state index < -0.39 is 5.97 Å². The molecule has 1 saturated heterocycles. The van der Waals surface area contributed by atoms with Crippen molar-refractivity contribution in [2.45, 2.75) is 77.9 Å². The number of aryl methyl sites for hydroxylation is 1. The summed E-state index contributed by atoms with van der Waals surface area (Å²) >= 11 is 7.49. The standard InChI is InChI=1S/C24H32ClN7O3S/c1-5-13-10-16(29-20(13)25)22(33)30-15-8-9-32(11-17(15)28-14(6-2)7-3)24-31-21-19(36-24)18(23(34)35)26-12(4)27-21/h14-15,17,28H,5-11H2,1-4H3,(H,30,33)(H,34,35)/t15-,17+/m1/s1. The van der Waals surface area contributed by atoms with Gasteiger partial charge in [-0.25, -0.2) is 19.8 Å². The lowest BCUT2D eigenvalue weighted by Crippen LogP contribution is -2.61. The smallest absolute Gasteiger partial charge is 0.356 e. The number of rotatable bonds is 9. The molecule has 36 heavy (non-hydrogen) atoms. The summed E-state index contributed by atoms with van der Waals surface area (Å²) in [5.41, 5.74) is 1.82. The van der Waals surface area contributed by atoms with Crippen molar-refractivity contribution in [3.8, 4) is 0 Å². The van der Waals surface area contributed by atoms with E-state index in [4.69, 9.17) is 11.6 Å². The summed E-state index contributed by atoms with van der Waals surface area (Å²) in [5.74, 6) is -0.892. The Morgan fingerprint density at radius 1 is 1.19 bits per heavy atom. The number of allylic oxidation sites excluding steroid dienone is 1. The van der Waals surface area contributed by atoms with Crippen LogP contribution in [0.3, 0.4) is 0 Å². The summed E-state index contributed by atoms with van der Waals surface area (Å²) in [7, 11) is 0. The summed E-state index contributed by atoms with van der Waals surface area (Å²) in [4.78, 5) is 44.3. The number of carboxylic acids is 1. The van der Waals surface area contributed by atoms with Gasteiger partial charge < -0.3 is 20.6 Å². The van der Waals surface area contributed by atoms with Crippen LogP contribution in [0.1, 0.15) is 69.2 Å². The van der Waals surface area contributed by atoms with E-state index in [1.807, 2.05) is 6.92 Å². The number of hydrogen-bond donors (Lipinski definition) is 3. The van der Waals surface area contributed by atoms with E-state index >= 15 is 0 Å². The van der Waals surface area contributed by atoms with Gasteiger partial charge in [0.2, 0.25) is 0 Å². The predicted octanol–water partition coefficient (Wildman–Crippen LogP) is 3.64. The third kappa shape index (κ3) is 5.52. The maximum atomic E-state index is 13.0. The maximum absolute atomic E-state index is 13.0. The molecule has 2 aromatic rings. The Kier molecular flexibility index (Phi) is 8.21. The van der Waals surface area contributed by atoms with Crippen molar-refractivity contribution in [3.63, 3.8) is 0 Å². The zero-order valence-electron chi connectivity index (χ0n) is 21.0. The largest absolute Gasteiger partial charge is 0.476 e. The van der Waals surface area contributed by atoms with Gasteiger partial charge in [0.25, 0.3) is 5.91 Å². The van der Waals surface area contributed by atoms with Crippen LogP contribution >= 0.6 is 22.9 Å². The van der Waals surface area contributed by atoms with Crippen molar-refractivity contribution < 1.29 is 14.7 Å². The Hall–Kier alpha value is -2.63. The van der Waals surface area contributed by atoms with Crippen molar-refractivity contribution in [1.82, 2.24) is 25.6 Å². The zero-order chi connectivity index (χ0) is 26.0. The number of carbonyl (C=O) groups excluding carboxylic acids is 1. The van der Waals surface area contributed by atoms with E-state index in [1.165, 1.54) is 11.3 Å². The van der Waals surface area contributed by atoms with Crippen LogP contribution in [0.4, 0.5) is 5.13 Å². The SMILES string of the molecule is CCC1=C(Cl)N=C(C(=O)N[C@@H]2CCN(c3nc4nc(C)nc(C(=O)O)c4s3)C[C@@H]2NC(CC)CC)C1. The van der Waals surface area contributed by atoms with Gasteiger partial charge in [0.1, 0.15) is 21.4 Å². The number of aromatic nitrogens is 3. The van der Waals surface area contributed by atoms with Crippen LogP contribution in [0.2, 0.25) is 0 Å². The number of carboxylic acid groups (broad SMARTS) is 1.